The fraction of sp³-hybridized carbons (Fsp3) is 0.941. The van der Waals surface area contributed by atoms with Gasteiger partial charge in [0.15, 0.2) is 0 Å². The number of hydrogen-bond donors (Lipinski definition) is 0. The molecule has 3 nitrogen and oxygen atoms in total. The van der Waals surface area contributed by atoms with Crippen molar-refractivity contribution in [2.45, 2.75) is 158 Å². The van der Waals surface area contributed by atoms with Crippen molar-refractivity contribution in [3.8, 4) is 0 Å². The van der Waals surface area contributed by atoms with Gasteiger partial charge in [-0.05, 0) is 0 Å². The zero-order chi connectivity index (χ0) is 30.5. The van der Waals surface area contributed by atoms with E-state index in [4.69, 9.17) is 8.62 Å². The van der Waals surface area contributed by atoms with Gasteiger partial charge in [-0.2, -0.15) is 0 Å². The molecule has 0 fully saturated rings. The third-order valence-corrected chi connectivity index (χ3v) is 27.1. The van der Waals surface area contributed by atoms with Gasteiger partial charge in [-0.15, -0.1) is 0 Å². The van der Waals surface area contributed by atoms with Crippen LogP contribution in [0.3, 0.4) is 0 Å². The van der Waals surface area contributed by atoms with Crippen LogP contribution in [0.4, 0.5) is 0 Å². The van der Waals surface area contributed by atoms with E-state index in [1.807, 2.05) is 0 Å². The summed E-state index contributed by atoms with van der Waals surface area (Å²) >= 11 is 0. The van der Waals surface area contributed by atoms with Gasteiger partial charge in [0, 0.05) is 0 Å². The summed E-state index contributed by atoms with van der Waals surface area (Å²) in [6.07, 6.45) is 27.4. The summed E-state index contributed by atoms with van der Waals surface area (Å²) in [5, 5.41) is 0. The van der Waals surface area contributed by atoms with Crippen LogP contribution in [0.1, 0.15) is 158 Å². The fourth-order valence-corrected chi connectivity index (χ4v) is 27.2. The second-order valence-corrected chi connectivity index (χ2v) is 27.0. The second kappa shape index (κ2) is 20.7. The Morgan fingerprint density at radius 3 is 0.750 bits per heavy atom. The summed E-state index contributed by atoms with van der Waals surface area (Å²) in [5.41, 5.74) is 0. The standard InChI is InChI=1S/C34H75O3P3/c1-10-19-27-39(28-20-11-2,29-21-12-3,30-22-13-4)36-38(35,18-9)37-40(31-23-14-5,32-24-15-6,33-25-16-7)34-26-17-8/h18H,9-17,19-34H2,1-8H3. The molecule has 6 heteroatoms. The Kier molecular flexibility index (Phi) is 21.0. The SMILES string of the molecule is C=CP(=O)(OP(CCCC)(CCCC)(CCCC)CCCC)OP(CCCC)(CCCC)(CCCC)CCCC. The van der Waals surface area contributed by atoms with Gasteiger partial charge >= 0.3 is 254 Å². The molecule has 0 aliphatic heterocycles. The molecule has 0 heterocycles. The van der Waals surface area contributed by atoms with Crippen LogP contribution >= 0.6 is 21.3 Å². The van der Waals surface area contributed by atoms with Crippen molar-refractivity contribution in [3.05, 3.63) is 12.4 Å². The molecule has 0 atom stereocenters. The second-order valence-electron chi connectivity index (χ2n) is 13.2. The normalized spacial score (nSPS) is 16.1. The first-order chi connectivity index (χ1) is 19.1. The fourth-order valence-electron chi connectivity index (χ4n) is 6.86. The molecule has 0 aromatic heterocycles. The van der Waals surface area contributed by atoms with Crippen LogP contribution in [0.25, 0.3) is 0 Å². The Labute approximate surface area is 253 Å². The molecular formula is C34H75O3P3. The Morgan fingerprint density at radius 1 is 0.450 bits per heavy atom. The van der Waals surface area contributed by atoms with Crippen molar-refractivity contribution < 1.29 is 13.2 Å². The average molecular weight is 625 g/mol. The molecule has 0 aliphatic carbocycles. The summed E-state index contributed by atoms with van der Waals surface area (Å²) in [6.45, 7) is 17.0. The Bertz CT molecular complexity index is 570. The summed E-state index contributed by atoms with van der Waals surface area (Å²) < 4.78 is 30.5. The molecule has 0 saturated heterocycles. The summed E-state index contributed by atoms with van der Waals surface area (Å²) in [5.74, 6) is 1.68. The number of rotatable bonds is 29. The van der Waals surface area contributed by atoms with E-state index in [0.717, 1.165) is 152 Å². The summed E-state index contributed by atoms with van der Waals surface area (Å²) in [7, 11) is -3.52. The van der Waals surface area contributed by atoms with Gasteiger partial charge in [-0.1, -0.05) is 0 Å². The molecule has 0 aromatic carbocycles. The van der Waals surface area contributed by atoms with Gasteiger partial charge in [-0.3, -0.25) is 0 Å². The first-order valence-electron chi connectivity index (χ1n) is 17.8. The molecule has 40 heavy (non-hydrogen) atoms. The Hall–Kier alpha value is 0.750. The molecular weight excluding hydrogens is 549 g/mol. The topological polar surface area (TPSA) is 35.5 Å². The van der Waals surface area contributed by atoms with Crippen LogP contribution in [0, 0.1) is 0 Å². The predicted octanol–water partition coefficient (Wildman–Crippen LogP) is 13.7. The third kappa shape index (κ3) is 12.8. The predicted molar refractivity (Wildman–Crippen MR) is 192 cm³/mol. The van der Waals surface area contributed by atoms with Gasteiger partial charge in [0.25, 0.3) is 0 Å². The molecule has 0 radical (unpaired) electrons. The first kappa shape index (κ1) is 40.8. The van der Waals surface area contributed by atoms with E-state index in [9.17, 15) is 0 Å². The van der Waals surface area contributed by atoms with E-state index in [0.29, 0.717) is 0 Å². The Balaban J connectivity index is 7.25. The minimum atomic E-state index is -3.52. The van der Waals surface area contributed by atoms with Crippen LogP contribution < -0.4 is 0 Å². The molecule has 244 valence electrons. The van der Waals surface area contributed by atoms with Crippen molar-refractivity contribution >= 4 is 21.3 Å². The zero-order valence-corrected chi connectivity index (χ0v) is 31.5. The van der Waals surface area contributed by atoms with E-state index >= 15 is 4.57 Å². The monoisotopic (exact) mass is 624 g/mol. The van der Waals surface area contributed by atoms with E-state index in [-0.39, 0.29) is 0 Å². The molecule has 0 saturated carbocycles. The van der Waals surface area contributed by atoms with E-state index in [1.165, 1.54) is 0 Å². The van der Waals surface area contributed by atoms with Crippen LogP contribution in [-0.4, -0.2) is 49.3 Å². The van der Waals surface area contributed by atoms with E-state index in [2.05, 4.69) is 62.0 Å². The van der Waals surface area contributed by atoms with E-state index < -0.39 is 21.3 Å². The van der Waals surface area contributed by atoms with Crippen molar-refractivity contribution in [3.63, 3.8) is 0 Å². The first-order valence-corrected chi connectivity index (χ1v) is 25.2. The quantitative estimate of drug-likeness (QED) is 0.0777. The van der Waals surface area contributed by atoms with Crippen molar-refractivity contribution in [2.75, 3.05) is 49.3 Å². The number of hydrogen-bond acceptors (Lipinski definition) is 3. The molecule has 0 aromatic rings. The zero-order valence-electron chi connectivity index (χ0n) is 28.8. The Morgan fingerprint density at radius 2 is 0.625 bits per heavy atom. The van der Waals surface area contributed by atoms with Gasteiger partial charge in [0.05, 0.1) is 0 Å². The van der Waals surface area contributed by atoms with Crippen molar-refractivity contribution in [1.29, 1.82) is 0 Å². The molecule has 0 aliphatic rings. The van der Waals surface area contributed by atoms with Crippen molar-refractivity contribution in [1.82, 2.24) is 0 Å². The molecule has 0 amide bonds. The van der Waals surface area contributed by atoms with E-state index in [1.54, 1.807) is 5.82 Å². The van der Waals surface area contributed by atoms with Gasteiger partial charge in [-0.25, -0.2) is 0 Å². The maximum absolute atomic E-state index is 15.4. The minimum absolute atomic E-state index is 1.10. The van der Waals surface area contributed by atoms with Crippen LogP contribution in [0.15, 0.2) is 12.4 Å². The summed E-state index contributed by atoms with van der Waals surface area (Å²) in [6, 6.07) is 0. The van der Waals surface area contributed by atoms with Crippen molar-refractivity contribution in [2.24, 2.45) is 0 Å². The molecule has 0 unspecified atom stereocenters. The van der Waals surface area contributed by atoms with Crippen LogP contribution in [-0.2, 0) is 13.2 Å². The molecule has 0 spiro atoms. The number of unbranched alkanes of at least 4 members (excludes halogenated alkanes) is 8. The average Bonchev–Trinajstić information content (AvgIpc) is 2.97. The third-order valence-electron chi connectivity index (χ3n) is 9.53. The molecule has 0 bridgehead atoms. The summed E-state index contributed by atoms with van der Waals surface area (Å²) in [4.78, 5) is 0. The van der Waals surface area contributed by atoms with Crippen LogP contribution in [0.5, 0.6) is 0 Å². The molecule has 0 N–H and O–H groups in total. The van der Waals surface area contributed by atoms with Gasteiger partial charge in [0.1, 0.15) is 0 Å². The molecule has 0 rings (SSSR count). The van der Waals surface area contributed by atoms with Gasteiger partial charge in [0.2, 0.25) is 0 Å². The maximum atomic E-state index is 15.4. The van der Waals surface area contributed by atoms with Crippen LogP contribution in [0.2, 0.25) is 0 Å². The van der Waals surface area contributed by atoms with Gasteiger partial charge < -0.3 is 0 Å².